The molecule has 0 aliphatic carbocycles. The largest absolute Gasteiger partial charge is 0.465 e. The number of carbonyl (C=O) groups is 5. The number of hydrogen-bond acceptors (Lipinski definition) is 15. The first-order valence-corrected chi connectivity index (χ1v) is 23.7. The van der Waals surface area contributed by atoms with E-state index in [2.05, 4.69) is 4.74 Å². The monoisotopic (exact) mass is 962 g/mol. The number of carbonyl (C=O) groups excluding carboxylic acids is 5. The summed E-state index contributed by atoms with van der Waals surface area (Å²) in [7, 11) is 2.61. The average molecular weight is 964 g/mol. The van der Waals surface area contributed by atoms with Crippen LogP contribution in [0.15, 0.2) is 42.5 Å². The van der Waals surface area contributed by atoms with Crippen LogP contribution in [0.5, 0.6) is 0 Å². The van der Waals surface area contributed by atoms with Gasteiger partial charge in [0.05, 0.1) is 73.7 Å². The number of rotatable bonds is 10. The van der Waals surface area contributed by atoms with Crippen molar-refractivity contribution in [3.8, 4) is 0 Å². The quantitative estimate of drug-likeness (QED) is 0.0846. The van der Waals surface area contributed by atoms with E-state index >= 15 is 0 Å². The van der Waals surface area contributed by atoms with Gasteiger partial charge in [-0.1, -0.05) is 34.8 Å². The van der Waals surface area contributed by atoms with Gasteiger partial charge < -0.3 is 35.2 Å². The number of esters is 5. The maximum Gasteiger partial charge on any atom is 0.338 e. The SMILES string of the molecule is COC(=O)c1ccc(Cl)c(N)c1.COC(=O)c1ccc(Cl)c(N)c1C(COC(=O)C(C)(C)C)SC.CSC1COC(=O)c2ccc(Cl)c(C)c21.CSCCOC(=O)C(C)(C)C. The molecule has 0 fully saturated rings. The normalized spacial score (nSPS) is 13.5. The first-order chi connectivity index (χ1) is 28.4. The molecule has 3 aromatic rings. The van der Waals surface area contributed by atoms with Crippen molar-refractivity contribution in [2.75, 3.05) is 70.0 Å². The number of thioether (sulfide) groups is 3. The lowest BCUT2D eigenvalue weighted by atomic mass is 9.97. The molecule has 0 bridgehead atoms. The van der Waals surface area contributed by atoms with E-state index in [0.29, 0.717) is 61.9 Å². The van der Waals surface area contributed by atoms with Gasteiger partial charge in [-0.3, -0.25) is 9.59 Å². The van der Waals surface area contributed by atoms with Crippen LogP contribution in [0.2, 0.25) is 15.1 Å². The molecule has 1 aliphatic rings. The maximum absolute atomic E-state index is 12.0. The molecule has 3 aromatic carbocycles. The highest BCUT2D eigenvalue weighted by atomic mass is 35.5. The van der Waals surface area contributed by atoms with Gasteiger partial charge in [-0.15, -0.1) is 0 Å². The van der Waals surface area contributed by atoms with E-state index in [1.54, 1.807) is 80.7 Å². The van der Waals surface area contributed by atoms with Crippen LogP contribution in [0.4, 0.5) is 11.4 Å². The van der Waals surface area contributed by atoms with Crippen LogP contribution in [0.25, 0.3) is 0 Å². The van der Waals surface area contributed by atoms with Gasteiger partial charge in [0.25, 0.3) is 0 Å². The first-order valence-electron chi connectivity index (χ1n) is 18.6. The standard InChI is InChI=1S/C16H22ClNO4S.C11H11ClO2S.C8H8ClNO2.C8H16O2S/c1-16(2,3)15(20)22-8-11(23-5)12-9(14(19)21-4)6-7-10(17)13(12)18;1-6-8(12)4-3-7-10(6)9(15-2)5-14-11(7)13;1-12-8(11)5-2-3-6(9)7(10)4-5;1-8(2,3)7(9)10-5-6-11-4/h6-7,11H,8,18H2,1-5H3;3-4,9H,5H2,1-2H3;2-4H,10H2,1H3;5-6H2,1-4H3. The van der Waals surface area contributed by atoms with Gasteiger partial charge in [0.15, 0.2) is 0 Å². The molecule has 2 atom stereocenters. The van der Waals surface area contributed by atoms with Crippen LogP contribution in [-0.4, -0.2) is 88.4 Å². The molecule has 1 aliphatic heterocycles. The zero-order valence-corrected chi connectivity index (χ0v) is 41.3. The Bertz CT molecular complexity index is 1990. The zero-order valence-electron chi connectivity index (χ0n) is 36.6. The Balaban J connectivity index is 0.000000426. The fourth-order valence-corrected chi connectivity index (χ4v) is 7.03. The molecular weight excluding hydrogens is 907 g/mol. The lowest BCUT2D eigenvalue weighted by Crippen LogP contribution is -2.25. The van der Waals surface area contributed by atoms with E-state index in [1.165, 1.54) is 32.0 Å². The summed E-state index contributed by atoms with van der Waals surface area (Å²) in [5.74, 6) is -0.733. The highest BCUT2D eigenvalue weighted by molar-refractivity contribution is 7.99. The fraction of sp³-hybridized carbons (Fsp3) is 0.465. The minimum atomic E-state index is -0.603. The van der Waals surface area contributed by atoms with Gasteiger partial charge in [-0.25, -0.2) is 14.4 Å². The molecule has 0 saturated heterocycles. The molecule has 61 heavy (non-hydrogen) atoms. The van der Waals surface area contributed by atoms with E-state index in [4.69, 9.17) is 65.2 Å². The molecule has 4 N–H and O–H groups in total. The smallest absolute Gasteiger partial charge is 0.338 e. The van der Waals surface area contributed by atoms with Gasteiger partial charge in [-0.2, -0.15) is 35.3 Å². The lowest BCUT2D eigenvalue weighted by molar-refractivity contribution is -0.153. The molecular formula is C43H57Cl3N2O10S3. The van der Waals surface area contributed by atoms with Crippen LogP contribution >= 0.6 is 70.1 Å². The van der Waals surface area contributed by atoms with E-state index < -0.39 is 17.4 Å². The number of cyclic esters (lactones) is 1. The Hall–Kier alpha value is -3.47. The summed E-state index contributed by atoms with van der Waals surface area (Å²) in [6.07, 6.45) is 5.84. The molecule has 4 rings (SSSR count). The number of hydrogen-bond donors (Lipinski definition) is 2. The minimum Gasteiger partial charge on any atom is -0.465 e. The Labute approximate surface area is 387 Å². The van der Waals surface area contributed by atoms with E-state index in [9.17, 15) is 24.0 Å². The zero-order chi connectivity index (χ0) is 46.8. The van der Waals surface area contributed by atoms with Crippen molar-refractivity contribution in [2.45, 2.75) is 59.0 Å². The number of nitrogens with two attached hydrogens (primary N) is 2. The van der Waals surface area contributed by atoms with Gasteiger partial charge in [0.2, 0.25) is 0 Å². The summed E-state index contributed by atoms with van der Waals surface area (Å²) in [6, 6.07) is 11.2. The van der Waals surface area contributed by atoms with Crippen molar-refractivity contribution in [1.29, 1.82) is 0 Å². The molecule has 0 aromatic heterocycles. The molecule has 0 amide bonds. The fourth-order valence-electron chi connectivity index (χ4n) is 4.90. The van der Waals surface area contributed by atoms with E-state index in [1.807, 2.05) is 46.5 Å². The average Bonchev–Trinajstić information content (AvgIpc) is 3.21. The molecule has 0 radical (unpaired) electrons. The van der Waals surface area contributed by atoms with E-state index in [-0.39, 0.29) is 40.4 Å². The Morgan fingerprint density at radius 3 is 1.89 bits per heavy atom. The summed E-state index contributed by atoms with van der Waals surface area (Å²) < 4.78 is 24.7. The summed E-state index contributed by atoms with van der Waals surface area (Å²) in [5.41, 5.74) is 15.2. The number of anilines is 2. The molecule has 18 heteroatoms. The van der Waals surface area contributed by atoms with Crippen molar-refractivity contribution in [1.82, 2.24) is 0 Å². The molecule has 1 heterocycles. The van der Waals surface area contributed by atoms with Crippen molar-refractivity contribution >= 4 is 111 Å². The maximum atomic E-state index is 12.0. The molecule has 0 saturated carbocycles. The molecule has 12 nitrogen and oxygen atoms in total. The summed E-state index contributed by atoms with van der Waals surface area (Å²) in [5, 5.41) is 1.37. The van der Waals surface area contributed by atoms with Crippen LogP contribution in [0, 0.1) is 17.8 Å². The third-order valence-corrected chi connectivity index (χ3v) is 12.0. The minimum absolute atomic E-state index is 0.0891. The Morgan fingerprint density at radius 1 is 0.820 bits per heavy atom. The lowest BCUT2D eigenvalue weighted by Gasteiger charge is -2.25. The van der Waals surface area contributed by atoms with Gasteiger partial charge in [0.1, 0.15) is 19.8 Å². The third-order valence-electron chi connectivity index (χ3n) is 8.41. The van der Waals surface area contributed by atoms with Crippen molar-refractivity contribution in [3.63, 3.8) is 0 Å². The van der Waals surface area contributed by atoms with Crippen molar-refractivity contribution in [3.05, 3.63) is 90.9 Å². The second-order valence-electron chi connectivity index (χ2n) is 15.0. The van der Waals surface area contributed by atoms with Gasteiger partial charge in [0, 0.05) is 16.3 Å². The number of halogens is 3. The Kier molecular flexibility index (Phi) is 23.9. The van der Waals surface area contributed by atoms with Crippen LogP contribution < -0.4 is 11.5 Å². The van der Waals surface area contributed by atoms with Gasteiger partial charge in [-0.05, 0) is 121 Å². The summed E-state index contributed by atoms with van der Waals surface area (Å²) in [4.78, 5) is 57.5. The molecule has 338 valence electrons. The number of benzene rings is 3. The number of fused-ring (bicyclic) bond motifs is 1. The van der Waals surface area contributed by atoms with Gasteiger partial charge >= 0.3 is 29.8 Å². The number of ether oxygens (including phenoxy) is 5. The second-order valence-corrected chi connectivity index (χ2v) is 19.3. The topological polar surface area (TPSA) is 184 Å². The summed E-state index contributed by atoms with van der Waals surface area (Å²) >= 11 is 22.6. The number of methoxy groups -OCH3 is 2. The van der Waals surface area contributed by atoms with Crippen molar-refractivity contribution in [2.24, 2.45) is 10.8 Å². The van der Waals surface area contributed by atoms with Crippen LogP contribution in [0.1, 0.15) is 99.8 Å². The van der Waals surface area contributed by atoms with E-state index in [0.717, 1.165) is 16.9 Å². The predicted molar refractivity (Wildman–Crippen MR) is 253 cm³/mol. The number of nitrogen functional groups attached to an aromatic ring is 2. The Morgan fingerprint density at radius 2 is 1.38 bits per heavy atom. The first kappa shape index (κ1) is 55.5. The van der Waals surface area contributed by atoms with Crippen LogP contribution in [0.3, 0.4) is 0 Å². The summed E-state index contributed by atoms with van der Waals surface area (Å²) in [6.45, 7) is 13.9. The molecule has 0 spiro atoms. The second kappa shape index (κ2) is 26.2. The van der Waals surface area contributed by atoms with Crippen molar-refractivity contribution < 1.29 is 47.7 Å². The predicted octanol–water partition coefficient (Wildman–Crippen LogP) is 10.6. The highest BCUT2D eigenvalue weighted by Gasteiger charge is 2.30. The van der Waals surface area contributed by atoms with Crippen LogP contribution in [-0.2, 0) is 33.3 Å². The highest BCUT2D eigenvalue weighted by Crippen LogP contribution is 2.39. The molecule has 2 unspecified atom stereocenters. The third kappa shape index (κ3) is 17.3.